The van der Waals surface area contributed by atoms with Crippen molar-refractivity contribution >= 4 is 11.9 Å². The molecular weight excluding hydrogens is 923 g/mol. The van der Waals surface area contributed by atoms with E-state index in [2.05, 4.69) is 55.6 Å². The maximum atomic E-state index is 12.5. The molecule has 1 amide bonds. The molecule has 0 bridgehead atoms. The highest BCUT2D eigenvalue weighted by molar-refractivity contribution is 5.76. The Bertz CT molecular complexity index is 1210. The molecule has 0 aromatic carbocycles. The van der Waals surface area contributed by atoms with E-state index >= 15 is 0 Å². The molecule has 0 heterocycles. The van der Waals surface area contributed by atoms with Gasteiger partial charge in [-0.3, -0.25) is 9.59 Å². The Morgan fingerprint density at radius 3 is 1.04 bits per heavy atom. The second-order valence-corrected chi connectivity index (χ2v) is 23.1. The molecule has 6 nitrogen and oxygen atoms in total. The van der Waals surface area contributed by atoms with Crippen LogP contribution in [0, 0.1) is 0 Å². The summed E-state index contributed by atoms with van der Waals surface area (Å²) in [6.07, 6.45) is 81.9. The van der Waals surface area contributed by atoms with E-state index in [0.717, 1.165) is 51.4 Å². The van der Waals surface area contributed by atoms with E-state index in [4.69, 9.17) is 4.74 Å². The summed E-state index contributed by atoms with van der Waals surface area (Å²) in [7, 11) is 0. The first-order chi connectivity index (χ1) is 37.0. The topological polar surface area (TPSA) is 95.9 Å². The first-order valence-electron chi connectivity index (χ1n) is 33.7. The van der Waals surface area contributed by atoms with Crippen molar-refractivity contribution in [3.8, 4) is 0 Å². The summed E-state index contributed by atoms with van der Waals surface area (Å²) in [6, 6.07) is -0.539. The minimum absolute atomic E-state index is 0.00933. The summed E-state index contributed by atoms with van der Waals surface area (Å²) >= 11 is 0. The van der Waals surface area contributed by atoms with Crippen LogP contribution in [0.1, 0.15) is 367 Å². The fourth-order valence-electron chi connectivity index (χ4n) is 10.5. The number of hydrogen-bond donors (Lipinski definition) is 3. The summed E-state index contributed by atoms with van der Waals surface area (Å²) in [6.45, 7) is 4.94. The number of amides is 1. The lowest BCUT2D eigenvalue weighted by Gasteiger charge is -2.22. The van der Waals surface area contributed by atoms with Crippen LogP contribution in [-0.2, 0) is 14.3 Å². The van der Waals surface area contributed by atoms with Gasteiger partial charge in [0.05, 0.1) is 25.4 Å². The zero-order valence-electron chi connectivity index (χ0n) is 50.5. The molecule has 0 aromatic rings. The molecule has 0 rings (SSSR count). The number of esters is 1. The average molecular weight is 1050 g/mol. The zero-order chi connectivity index (χ0) is 54.3. The number of carbonyl (C=O) groups is 2. The molecule has 442 valence electrons. The van der Waals surface area contributed by atoms with Gasteiger partial charge in [0.25, 0.3) is 0 Å². The van der Waals surface area contributed by atoms with Crippen molar-refractivity contribution in [3.63, 3.8) is 0 Å². The van der Waals surface area contributed by atoms with Gasteiger partial charge >= 0.3 is 5.97 Å². The minimum Gasteiger partial charge on any atom is -0.466 e. The van der Waals surface area contributed by atoms with Crippen LogP contribution in [0.3, 0.4) is 0 Å². The standard InChI is InChI=1S/C69H131NO5/c1-3-5-7-9-11-13-15-16-17-18-33-36-39-43-47-51-55-59-63-69(74)75-64-60-56-52-48-44-40-37-34-31-29-27-25-23-21-19-20-22-24-26-28-30-32-35-38-42-46-50-54-58-62-68(73)70-66(65-71)67(72)61-57-53-49-45-41-14-12-10-8-6-4-2/h13,15,17-19,21,66-67,71-72H,3-12,14,16,20,22-65H2,1-2H3,(H,70,73)/b15-13-,18-17-,21-19-. The normalized spacial score (nSPS) is 12.7. The van der Waals surface area contributed by atoms with Crippen LogP contribution in [0.2, 0.25) is 0 Å². The molecule has 0 radical (unpaired) electrons. The number of rotatable bonds is 63. The van der Waals surface area contributed by atoms with Gasteiger partial charge in [0.2, 0.25) is 5.91 Å². The quantitative estimate of drug-likeness (QED) is 0.0320. The highest BCUT2D eigenvalue weighted by Crippen LogP contribution is 2.18. The van der Waals surface area contributed by atoms with Gasteiger partial charge in [0.1, 0.15) is 0 Å². The minimum atomic E-state index is -0.662. The summed E-state index contributed by atoms with van der Waals surface area (Å²) in [5, 5.41) is 23.2. The van der Waals surface area contributed by atoms with E-state index in [0.29, 0.717) is 25.9 Å². The van der Waals surface area contributed by atoms with Gasteiger partial charge in [-0.15, -0.1) is 0 Å². The van der Waals surface area contributed by atoms with Crippen molar-refractivity contribution in [2.45, 2.75) is 379 Å². The third kappa shape index (κ3) is 61.2. The molecular formula is C69H131NO5. The van der Waals surface area contributed by atoms with Crippen LogP contribution in [0.5, 0.6) is 0 Å². The van der Waals surface area contributed by atoms with Crippen LogP contribution in [-0.4, -0.2) is 47.4 Å². The SMILES string of the molecule is CCCCCC/C=C\C/C=C\CCCCCCCCCC(=O)OCCCCCCCCCCCCCC/C=C\CCCCCCCCCCCCCCCC(=O)NC(CO)C(O)CCCCCCCCCCCCC. The Labute approximate surface area is 468 Å². The lowest BCUT2D eigenvalue weighted by atomic mass is 10.0. The van der Waals surface area contributed by atoms with Gasteiger partial charge in [-0.1, -0.05) is 307 Å². The maximum Gasteiger partial charge on any atom is 0.305 e. The molecule has 0 spiro atoms. The predicted octanol–water partition coefficient (Wildman–Crippen LogP) is 21.5. The second-order valence-electron chi connectivity index (χ2n) is 23.1. The van der Waals surface area contributed by atoms with Gasteiger partial charge in [0, 0.05) is 12.8 Å². The molecule has 6 heteroatoms. The number of aliphatic hydroxyl groups excluding tert-OH is 2. The van der Waals surface area contributed by atoms with Crippen LogP contribution in [0.4, 0.5) is 0 Å². The number of carbonyl (C=O) groups excluding carboxylic acids is 2. The van der Waals surface area contributed by atoms with E-state index in [1.54, 1.807) is 0 Å². The monoisotopic (exact) mass is 1050 g/mol. The number of allylic oxidation sites excluding steroid dienone is 6. The molecule has 0 aromatic heterocycles. The predicted molar refractivity (Wildman–Crippen MR) is 329 cm³/mol. The van der Waals surface area contributed by atoms with Crippen molar-refractivity contribution in [3.05, 3.63) is 36.5 Å². The van der Waals surface area contributed by atoms with Gasteiger partial charge in [-0.05, 0) is 83.5 Å². The number of unbranched alkanes of at least 4 members (excludes halogenated alkanes) is 46. The molecule has 2 unspecified atom stereocenters. The van der Waals surface area contributed by atoms with E-state index in [1.807, 2.05) is 0 Å². The molecule has 0 aliphatic rings. The molecule has 0 fully saturated rings. The molecule has 0 aliphatic heterocycles. The Morgan fingerprint density at radius 1 is 0.373 bits per heavy atom. The summed E-state index contributed by atoms with van der Waals surface area (Å²) in [5.74, 6) is -0.0247. The Hall–Kier alpha value is -1.92. The largest absolute Gasteiger partial charge is 0.466 e. The summed E-state index contributed by atoms with van der Waals surface area (Å²) < 4.78 is 5.50. The van der Waals surface area contributed by atoms with Crippen molar-refractivity contribution in [2.24, 2.45) is 0 Å². The average Bonchev–Trinajstić information content (AvgIpc) is 3.41. The summed E-state index contributed by atoms with van der Waals surface area (Å²) in [4.78, 5) is 24.5. The number of ether oxygens (including phenoxy) is 1. The molecule has 75 heavy (non-hydrogen) atoms. The van der Waals surface area contributed by atoms with Crippen molar-refractivity contribution in [1.82, 2.24) is 5.32 Å². The molecule has 0 aliphatic carbocycles. The van der Waals surface area contributed by atoms with Crippen molar-refractivity contribution < 1.29 is 24.5 Å². The van der Waals surface area contributed by atoms with E-state index in [-0.39, 0.29) is 18.5 Å². The lowest BCUT2D eigenvalue weighted by molar-refractivity contribution is -0.143. The van der Waals surface area contributed by atoms with E-state index < -0.39 is 12.1 Å². The smallest absolute Gasteiger partial charge is 0.305 e. The molecule has 0 saturated heterocycles. The van der Waals surface area contributed by atoms with Crippen LogP contribution in [0.25, 0.3) is 0 Å². The van der Waals surface area contributed by atoms with Crippen LogP contribution < -0.4 is 5.32 Å². The van der Waals surface area contributed by atoms with E-state index in [9.17, 15) is 19.8 Å². The first kappa shape index (κ1) is 73.1. The fraction of sp³-hybridized carbons (Fsp3) is 0.884. The van der Waals surface area contributed by atoms with Gasteiger partial charge in [-0.2, -0.15) is 0 Å². The highest BCUT2D eigenvalue weighted by atomic mass is 16.5. The van der Waals surface area contributed by atoms with Crippen LogP contribution >= 0.6 is 0 Å². The highest BCUT2D eigenvalue weighted by Gasteiger charge is 2.20. The summed E-state index contributed by atoms with van der Waals surface area (Å²) in [5.41, 5.74) is 0. The number of nitrogens with one attached hydrogen (secondary N) is 1. The molecule has 0 saturated carbocycles. The third-order valence-corrected chi connectivity index (χ3v) is 15.7. The second kappa shape index (κ2) is 64.6. The zero-order valence-corrected chi connectivity index (χ0v) is 50.5. The van der Waals surface area contributed by atoms with Crippen molar-refractivity contribution in [2.75, 3.05) is 13.2 Å². The van der Waals surface area contributed by atoms with E-state index in [1.165, 1.54) is 283 Å². The molecule has 2 atom stereocenters. The fourth-order valence-corrected chi connectivity index (χ4v) is 10.5. The first-order valence-corrected chi connectivity index (χ1v) is 33.7. The molecule has 3 N–H and O–H groups in total. The Kier molecular flexibility index (Phi) is 63.0. The van der Waals surface area contributed by atoms with Crippen molar-refractivity contribution in [1.29, 1.82) is 0 Å². The van der Waals surface area contributed by atoms with Gasteiger partial charge in [-0.25, -0.2) is 0 Å². The third-order valence-electron chi connectivity index (χ3n) is 15.7. The lowest BCUT2D eigenvalue weighted by Crippen LogP contribution is -2.45. The maximum absolute atomic E-state index is 12.5. The van der Waals surface area contributed by atoms with Gasteiger partial charge in [0.15, 0.2) is 0 Å². The number of aliphatic hydroxyl groups is 2. The number of hydrogen-bond acceptors (Lipinski definition) is 5. The Balaban J connectivity index is 3.35. The van der Waals surface area contributed by atoms with Crippen LogP contribution in [0.15, 0.2) is 36.5 Å². The van der Waals surface area contributed by atoms with Gasteiger partial charge < -0.3 is 20.3 Å². The Morgan fingerprint density at radius 2 is 0.667 bits per heavy atom.